The number of halogens is 7. The Balaban J connectivity index is 1.57. The summed E-state index contributed by atoms with van der Waals surface area (Å²) in [7, 11) is -4.32. The molecule has 12 heteroatoms. The van der Waals surface area contributed by atoms with Crippen molar-refractivity contribution in [3.05, 3.63) is 64.7 Å². The summed E-state index contributed by atoms with van der Waals surface area (Å²) >= 11 is 0. The van der Waals surface area contributed by atoms with Crippen molar-refractivity contribution in [1.82, 2.24) is 4.90 Å². The molecule has 0 N–H and O–H groups in total. The van der Waals surface area contributed by atoms with Crippen molar-refractivity contribution in [2.24, 2.45) is 11.8 Å². The van der Waals surface area contributed by atoms with Crippen molar-refractivity contribution in [2.45, 2.75) is 86.0 Å². The molecule has 1 amide bonds. The third kappa shape index (κ3) is 4.91. The van der Waals surface area contributed by atoms with Crippen molar-refractivity contribution < 1.29 is 43.9 Å². The SMILES string of the molecule is CC1CCC(C(=O)N2CCC(c3ccc(C(F)(C(F)(F)F)C(F)(F)F)cc3)(S(=O)(=O)c3ccc4c(c3)CCC4)C2)CC1. The van der Waals surface area contributed by atoms with Crippen molar-refractivity contribution in [3.63, 3.8) is 0 Å². The number of carbonyl (C=O) groups excluding carboxylic acids is 1. The first-order valence-corrected chi connectivity index (χ1v) is 15.6. The maximum absolute atomic E-state index is 14.7. The molecule has 1 heterocycles. The number of fused-ring (bicyclic) bond motifs is 1. The Bertz CT molecular complexity index is 1430. The Morgan fingerprint density at radius 1 is 0.857 bits per heavy atom. The lowest BCUT2D eigenvalue weighted by Gasteiger charge is -2.33. The summed E-state index contributed by atoms with van der Waals surface area (Å²) in [6.07, 6.45) is -7.35. The van der Waals surface area contributed by atoms with Crippen LogP contribution in [0.1, 0.15) is 67.7 Å². The summed E-state index contributed by atoms with van der Waals surface area (Å²) in [4.78, 5) is 14.9. The molecule has 2 aliphatic carbocycles. The number of benzene rings is 2. The molecule has 0 bridgehead atoms. The van der Waals surface area contributed by atoms with E-state index in [1.807, 2.05) is 0 Å². The van der Waals surface area contributed by atoms with E-state index < -0.39 is 38.2 Å². The summed E-state index contributed by atoms with van der Waals surface area (Å²) < 4.78 is 122. The molecule has 0 aromatic heterocycles. The van der Waals surface area contributed by atoms with Gasteiger partial charge in [-0.2, -0.15) is 26.3 Å². The molecule has 1 saturated carbocycles. The number of alkyl halides is 7. The second kappa shape index (κ2) is 10.5. The maximum Gasteiger partial charge on any atom is 0.435 e. The van der Waals surface area contributed by atoms with Crippen molar-refractivity contribution >= 4 is 15.7 Å². The van der Waals surface area contributed by atoms with Crippen molar-refractivity contribution in [1.29, 1.82) is 0 Å². The standard InChI is InChI=1S/C30H32F7NO3S/c1-19-5-7-21(8-6-19)26(39)38-16-15-27(18-38,42(40,41)25-14-9-20-3-2-4-22(20)17-25)23-10-12-24(13-11-23)28(31,29(32,33)34)30(35,36)37/h9-14,17,19,21H,2-8,15-16,18H2,1H3. The number of sulfone groups is 1. The van der Waals surface area contributed by atoms with Gasteiger partial charge in [0.15, 0.2) is 9.84 Å². The van der Waals surface area contributed by atoms with Gasteiger partial charge in [-0.15, -0.1) is 0 Å². The third-order valence-corrected chi connectivity index (χ3v) is 11.9. The van der Waals surface area contributed by atoms with Gasteiger partial charge in [0.2, 0.25) is 5.91 Å². The van der Waals surface area contributed by atoms with E-state index in [-0.39, 0.29) is 41.8 Å². The first-order chi connectivity index (χ1) is 19.5. The molecular formula is C30H32F7NO3S. The number of hydrogen-bond acceptors (Lipinski definition) is 3. The van der Waals surface area contributed by atoms with Gasteiger partial charge in [-0.25, -0.2) is 12.8 Å². The highest BCUT2D eigenvalue weighted by atomic mass is 32.2. The molecule has 0 spiro atoms. The first kappa shape index (κ1) is 30.8. The number of hydrogen-bond donors (Lipinski definition) is 0. The molecule has 4 nitrogen and oxygen atoms in total. The summed E-state index contributed by atoms with van der Waals surface area (Å²) in [5, 5.41) is 0. The molecule has 5 rings (SSSR count). The van der Waals surface area contributed by atoms with Gasteiger partial charge in [-0.3, -0.25) is 4.79 Å². The molecule has 2 aromatic rings. The zero-order valence-electron chi connectivity index (χ0n) is 23.0. The Morgan fingerprint density at radius 3 is 2.05 bits per heavy atom. The van der Waals surface area contributed by atoms with E-state index >= 15 is 0 Å². The minimum absolute atomic E-state index is 0.0292. The number of carbonyl (C=O) groups is 1. The molecule has 1 unspecified atom stereocenters. The molecule has 230 valence electrons. The van der Waals surface area contributed by atoms with Crippen molar-refractivity contribution in [2.75, 3.05) is 13.1 Å². The van der Waals surface area contributed by atoms with E-state index in [1.165, 1.54) is 11.0 Å². The lowest BCUT2D eigenvalue weighted by atomic mass is 9.82. The minimum Gasteiger partial charge on any atom is -0.340 e. The Hall–Kier alpha value is -2.63. The monoisotopic (exact) mass is 619 g/mol. The lowest BCUT2D eigenvalue weighted by Crippen LogP contribution is -2.50. The van der Waals surface area contributed by atoms with Gasteiger partial charge in [-0.05, 0) is 86.1 Å². The van der Waals surface area contributed by atoms with Gasteiger partial charge < -0.3 is 4.90 Å². The Morgan fingerprint density at radius 2 is 1.45 bits per heavy atom. The van der Waals surface area contributed by atoms with Crippen LogP contribution in [-0.4, -0.2) is 44.7 Å². The first-order valence-electron chi connectivity index (χ1n) is 14.1. The smallest absolute Gasteiger partial charge is 0.340 e. The van der Waals surface area contributed by atoms with Crippen LogP contribution < -0.4 is 0 Å². The van der Waals surface area contributed by atoms with Crippen LogP contribution in [0.5, 0.6) is 0 Å². The van der Waals surface area contributed by atoms with E-state index in [9.17, 15) is 43.9 Å². The molecule has 2 fully saturated rings. The molecular weight excluding hydrogens is 587 g/mol. The van der Waals surface area contributed by atoms with Gasteiger partial charge in [-0.1, -0.05) is 37.3 Å². The highest BCUT2D eigenvalue weighted by Gasteiger charge is 2.73. The molecule has 2 aromatic carbocycles. The summed E-state index contributed by atoms with van der Waals surface area (Å²) in [6, 6.07) is 7.09. The van der Waals surface area contributed by atoms with Crippen LogP contribution >= 0.6 is 0 Å². The van der Waals surface area contributed by atoms with Crippen LogP contribution in [0.2, 0.25) is 0 Å². The fraction of sp³-hybridized carbons (Fsp3) is 0.567. The van der Waals surface area contributed by atoms with Crippen LogP contribution in [0.4, 0.5) is 30.7 Å². The number of rotatable bonds is 5. The normalized spacial score (nSPS) is 25.5. The van der Waals surface area contributed by atoms with Crippen molar-refractivity contribution in [3.8, 4) is 0 Å². The van der Waals surface area contributed by atoms with Crippen LogP contribution in [0, 0.1) is 11.8 Å². The van der Waals surface area contributed by atoms with Gasteiger partial charge in [0.1, 0.15) is 4.75 Å². The maximum atomic E-state index is 14.7. The van der Waals surface area contributed by atoms with Gasteiger partial charge in [0.25, 0.3) is 0 Å². The van der Waals surface area contributed by atoms with Crippen LogP contribution in [0.3, 0.4) is 0 Å². The summed E-state index contributed by atoms with van der Waals surface area (Å²) in [6.45, 7) is 1.84. The third-order valence-electron chi connectivity index (χ3n) is 9.39. The van der Waals surface area contributed by atoms with E-state index in [1.54, 1.807) is 12.1 Å². The average Bonchev–Trinajstić information content (AvgIpc) is 3.60. The second-order valence-electron chi connectivity index (χ2n) is 12.0. The van der Waals surface area contributed by atoms with Gasteiger partial charge in [0.05, 0.1) is 4.90 Å². The number of amides is 1. The van der Waals surface area contributed by atoms with E-state index in [2.05, 4.69) is 6.92 Å². The molecule has 0 radical (unpaired) electrons. The molecule has 1 saturated heterocycles. The van der Waals surface area contributed by atoms with Gasteiger partial charge >= 0.3 is 18.0 Å². The van der Waals surface area contributed by atoms with Crippen LogP contribution in [0.25, 0.3) is 0 Å². The number of aryl methyl sites for hydroxylation is 2. The Kier molecular flexibility index (Phi) is 7.72. The topological polar surface area (TPSA) is 54.5 Å². The van der Waals surface area contributed by atoms with Crippen LogP contribution in [-0.2, 0) is 37.9 Å². The predicted octanol–water partition coefficient (Wildman–Crippen LogP) is 7.19. The predicted molar refractivity (Wildman–Crippen MR) is 141 cm³/mol. The largest absolute Gasteiger partial charge is 0.435 e. The highest BCUT2D eigenvalue weighted by molar-refractivity contribution is 7.92. The molecule has 3 aliphatic rings. The molecule has 1 aliphatic heterocycles. The van der Waals surface area contributed by atoms with E-state index in [0.717, 1.165) is 48.9 Å². The van der Waals surface area contributed by atoms with Gasteiger partial charge in [0, 0.05) is 24.6 Å². The lowest BCUT2D eigenvalue weighted by molar-refractivity contribution is -0.348. The number of likely N-dealkylation sites (tertiary alicyclic amines) is 1. The fourth-order valence-electron chi connectivity index (χ4n) is 6.78. The zero-order chi connectivity index (χ0) is 30.7. The fourth-order valence-corrected chi connectivity index (χ4v) is 8.91. The minimum atomic E-state index is -6.30. The Labute approximate surface area is 240 Å². The van der Waals surface area contributed by atoms with Crippen LogP contribution in [0.15, 0.2) is 47.4 Å². The number of nitrogens with zero attached hydrogens (tertiary/aromatic N) is 1. The molecule has 42 heavy (non-hydrogen) atoms. The summed E-state index contributed by atoms with van der Waals surface area (Å²) in [5.41, 5.74) is -5.55. The quantitative estimate of drug-likeness (QED) is 0.333. The highest BCUT2D eigenvalue weighted by Crippen LogP contribution is 2.54. The molecule has 1 atom stereocenters. The summed E-state index contributed by atoms with van der Waals surface area (Å²) in [5.74, 6) is -0.0179. The van der Waals surface area contributed by atoms with E-state index in [4.69, 9.17) is 0 Å². The average molecular weight is 620 g/mol. The second-order valence-corrected chi connectivity index (χ2v) is 14.2. The zero-order valence-corrected chi connectivity index (χ0v) is 23.8. The van der Waals surface area contributed by atoms with E-state index in [0.29, 0.717) is 37.3 Å².